The Balaban J connectivity index is 3.19. The van der Waals surface area contributed by atoms with E-state index >= 15 is 0 Å². The molecule has 0 amide bonds. The first-order valence-corrected chi connectivity index (χ1v) is 7.71. The van der Waals surface area contributed by atoms with E-state index in [1.54, 1.807) is 25.6 Å². The van der Waals surface area contributed by atoms with E-state index in [0.29, 0.717) is 11.4 Å². The Kier molecular flexibility index (Phi) is 4.44. The van der Waals surface area contributed by atoms with Gasteiger partial charge in [-0.1, -0.05) is 20.8 Å². The van der Waals surface area contributed by atoms with Gasteiger partial charge in [0.2, 0.25) is 10.0 Å². The first-order chi connectivity index (χ1) is 8.50. The zero-order valence-electron chi connectivity index (χ0n) is 12.5. The van der Waals surface area contributed by atoms with Crippen LogP contribution in [0, 0.1) is 19.3 Å². The molecule has 0 spiro atoms. The monoisotopic (exact) mass is 288 g/mol. The van der Waals surface area contributed by atoms with Crippen molar-refractivity contribution in [2.45, 2.75) is 45.6 Å². The fraction of sp³-hybridized carbons (Fsp3) is 0.750. The second kappa shape index (κ2) is 5.22. The molecule has 1 rings (SSSR count). The van der Waals surface area contributed by atoms with E-state index in [9.17, 15) is 8.42 Å². The molecule has 0 fully saturated rings. The van der Waals surface area contributed by atoms with Crippen LogP contribution < -0.4 is 10.5 Å². The summed E-state index contributed by atoms with van der Waals surface area (Å²) in [6.07, 6.45) is 0. The van der Waals surface area contributed by atoms with Crippen molar-refractivity contribution < 1.29 is 8.42 Å². The van der Waals surface area contributed by atoms with Crippen molar-refractivity contribution in [2.24, 2.45) is 18.2 Å². The first kappa shape index (κ1) is 16.1. The molecule has 1 aromatic rings. The molecule has 3 N–H and O–H groups in total. The molecule has 0 saturated heterocycles. The Hall–Kier alpha value is -0.920. The fourth-order valence-corrected chi connectivity index (χ4v) is 3.86. The van der Waals surface area contributed by atoms with Crippen LogP contribution in [0.15, 0.2) is 4.90 Å². The van der Waals surface area contributed by atoms with Crippen molar-refractivity contribution in [3.05, 3.63) is 11.4 Å². The Morgan fingerprint density at radius 3 is 2.21 bits per heavy atom. The van der Waals surface area contributed by atoms with Gasteiger partial charge in [-0.05, 0) is 19.3 Å². The lowest BCUT2D eigenvalue weighted by Crippen LogP contribution is -2.48. The van der Waals surface area contributed by atoms with Gasteiger partial charge in [0, 0.05) is 19.6 Å². The van der Waals surface area contributed by atoms with Crippen molar-refractivity contribution in [1.29, 1.82) is 0 Å². The predicted octanol–water partition coefficient (Wildman–Crippen LogP) is 0.689. The molecule has 6 nitrogen and oxygen atoms in total. The number of aryl methyl sites for hydroxylation is 2. The van der Waals surface area contributed by atoms with Gasteiger partial charge in [0.25, 0.3) is 0 Å². The molecular formula is C12H24N4O2S. The lowest BCUT2D eigenvalue weighted by Gasteiger charge is -2.30. The summed E-state index contributed by atoms with van der Waals surface area (Å²) in [5.41, 5.74) is 6.55. The van der Waals surface area contributed by atoms with Crippen molar-refractivity contribution >= 4 is 10.0 Å². The Morgan fingerprint density at radius 1 is 1.37 bits per heavy atom. The van der Waals surface area contributed by atoms with Crippen LogP contribution in [-0.4, -0.2) is 30.8 Å². The van der Waals surface area contributed by atoms with E-state index in [0.717, 1.165) is 0 Å². The van der Waals surface area contributed by atoms with E-state index in [1.807, 2.05) is 20.8 Å². The number of nitrogens with two attached hydrogens (primary N) is 1. The van der Waals surface area contributed by atoms with E-state index in [1.165, 1.54) is 0 Å². The smallest absolute Gasteiger partial charge is 0.244 e. The largest absolute Gasteiger partial charge is 0.329 e. The summed E-state index contributed by atoms with van der Waals surface area (Å²) in [6, 6.07) is -0.323. The third-order valence-corrected chi connectivity index (χ3v) is 5.01. The van der Waals surface area contributed by atoms with Crippen molar-refractivity contribution in [2.75, 3.05) is 6.54 Å². The molecule has 19 heavy (non-hydrogen) atoms. The van der Waals surface area contributed by atoms with Crippen LogP contribution >= 0.6 is 0 Å². The zero-order valence-corrected chi connectivity index (χ0v) is 13.3. The molecule has 0 saturated carbocycles. The van der Waals surface area contributed by atoms with E-state index in [4.69, 9.17) is 5.73 Å². The van der Waals surface area contributed by atoms with E-state index in [-0.39, 0.29) is 22.9 Å². The summed E-state index contributed by atoms with van der Waals surface area (Å²) in [7, 11) is -1.88. The van der Waals surface area contributed by atoms with Crippen LogP contribution in [0.2, 0.25) is 0 Å². The summed E-state index contributed by atoms with van der Waals surface area (Å²) in [5, 5.41) is 4.14. The molecule has 110 valence electrons. The predicted molar refractivity (Wildman–Crippen MR) is 75.3 cm³/mol. The highest BCUT2D eigenvalue weighted by Gasteiger charge is 2.31. The summed E-state index contributed by atoms with van der Waals surface area (Å²) in [5.74, 6) is 0. The maximum atomic E-state index is 12.5. The molecule has 0 aliphatic heterocycles. The highest BCUT2D eigenvalue weighted by atomic mass is 32.2. The maximum Gasteiger partial charge on any atom is 0.244 e. The van der Waals surface area contributed by atoms with E-state index < -0.39 is 10.0 Å². The summed E-state index contributed by atoms with van der Waals surface area (Å²) >= 11 is 0. The quantitative estimate of drug-likeness (QED) is 0.853. The number of nitrogens with one attached hydrogen (secondary N) is 1. The summed E-state index contributed by atoms with van der Waals surface area (Å²) in [4.78, 5) is 0.248. The normalized spacial score (nSPS) is 14.7. The van der Waals surface area contributed by atoms with Gasteiger partial charge in [-0.2, -0.15) is 5.10 Å². The minimum absolute atomic E-state index is 0.244. The van der Waals surface area contributed by atoms with Crippen molar-refractivity contribution in [3.8, 4) is 0 Å². The molecule has 7 heteroatoms. The van der Waals surface area contributed by atoms with Crippen molar-refractivity contribution in [1.82, 2.24) is 14.5 Å². The van der Waals surface area contributed by atoms with Crippen LogP contribution in [0.25, 0.3) is 0 Å². The van der Waals surface area contributed by atoms with Crippen LogP contribution in [0.4, 0.5) is 0 Å². The van der Waals surface area contributed by atoms with Crippen molar-refractivity contribution in [3.63, 3.8) is 0 Å². The van der Waals surface area contributed by atoms with Gasteiger partial charge in [-0.25, -0.2) is 13.1 Å². The highest BCUT2D eigenvalue weighted by Crippen LogP contribution is 2.23. The Labute approximate surface area is 115 Å². The standard InChI is InChI=1S/C12H24N4O2S/c1-8-11(9(2)16(6)14-8)19(17,18)15-10(7-13)12(3,4)5/h10,15H,7,13H2,1-6H3. The molecule has 1 atom stereocenters. The van der Waals surface area contributed by atoms with Crippen LogP contribution in [0.1, 0.15) is 32.2 Å². The second-order valence-corrected chi connectivity index (χ2v) is 7.55. The van der Waals surface area contributed by atoms with Gasteiger partial charge in [-0.3, -0.25) is 4.68 Å². The molecular weight excluding hydrogens is 264 g/mol. The third kappa shape index (κ3) is 3.34. The SMILES string of the molecule is Cc1nn(C)c(C)c1S(=O)(=O)NC(CN)C(C)(C)C. The van der Waals surface area contributed by atoms with Crippen LogP contribution in [-0.2, 0) is 17.1 Å². The maximum absolute atomic E-state index is 12.5. The average molecular weight is 288 g/mol. The minimum atomic E-state index is -3.61. The number of rotatable bonds is 4. The highest BCUT2D eigenvalue weighted by molar-refractivity contribution is 7.89. The number of sulfonamides is 1. The lowest BCUT2D eigenvalue weighted by atomic mass is 9.88. The summed E-state index contributed by atoms with van der Waals surface area (Å²) in [6.45, 7) is 9.54. The number of nitrogens with zero attached hydrogens (tertiary/aromatic N) is 2. The minimum Gasteiger partial charge on any atom is -0.329 e. The second-order valence-electron chi connectivity index (χ2n) is 5.90. The number of hydrogen-bond acceptors (Lipinski definition) is 4. The molecule has 1 unspecified atom stereocenters. The fourth-order valence-electron chi connectivity index (χ4n) is 1.97. The molecule has 0 radical (unpaired) electrons. The molecule has 0 aliphatic rings. The summed E-state index contributed by atoms with van der Waals surface area (Å²) < 4.78 is 29.2. The lowest BCUT2D eigenvalue weighted by molar-refractivity contribution is 0.304. The number of hydrogen-bond donors (Lipinski definition) is 2. The third-order valence-electron chi connectivity index (χ3n) is 3.29. The molecule has 1 heterocycles. The van der Waals surface area contributed by atoms with Gasteiger partial charge in [0.05, 0.1) is 11.4 Å². The molecule has 0 bridgehead atoms. The Morgan fingerprint density at radius 2 is 1.89 bits per heavy atom. The van der Waals surface area contributed by atoms with Crippen LogP contribution in [0.5, 0.6) is 0 Å². The molecule has 1 aromatic heterocycles. The first-order valence-electron chi connectivity index (χ1n) is 6.23. The number of aromatic nitrogens is 2. The van der Waals surface area contributed by atoms with Crippen LogP contribution in [0.3, 0.4) is 0 Å². The van der Waals surface area contributed by atoms with Gasteiger partial charge in [0.1, 0.15) is 4.90 Å². The molecule has 0 aliphatic carbocycles. The van der Waals surface area contributed by atoms with E-state index in [2.05, 4.69) is 9.82 Å². The van der Waals surface area contributed by atoms with Gasteiger partial charge >= 0.3 is 0 Å². The van der Waals surface area contributed by atoms with Gasteiger partial charge in [-0.15, -0.1) is 0 Å². The zero-order chi connectivity index (χ0) is 15.0. The van der Waals surface area contributed by atoms with Gasteiger partial charge < -0.3 is 5.73 Å². The van der Waals surface area contributed by atoms with Gasteiger partial charge in [0.15, 0.2) is 0 Å². The molecule has 0 aromatic carbocycles. The average Bonchev–Trinajstić information content (AvgIpc) is 2.48. The topological polar surface area (TPSA) is 90.0 Å². The Bertz CT molecular complexity index is 555.